The number of amides is 1. The molecule has 52 valence electrons. The van der Waals surface area contributed by atoms with E-state index in [1.165, 1.54) is 0 Å². The molecule has 9 heavy (non-hydrogen) atoms. The first-order valence-electron chi connectivity index (χ1n) is 1.46. The molecule has 0 aliphatic carbocycles. The number of primary amides is 1. The van der Waals surface area contributed by atoms with Crippen molar-refractivity contribution >= 4 is 66.8 Å². The average Bonchev–Trinajstić information content (AvgIpc) is 1.27. The summed E-state index contributed by atoms with van der Waals surface area (Å²) in [5, 5.41) is 0. The molecule has 0 saturated carbocycles. The van der Waals surface area contributed by atoms with E-state index >= 15 is 0 Å². The minimum atomic E-state index is -4.61. The van der Waals surface area contributed by atoms with Gasteiger partial charge in [-0.1, -0.05) is 0 Å². The molecule has 0 aromatic heterocycles. The summed E-state index contributed by atoms with van der Waals surface area (Å²) in [6.07, 6.45) is 0.250. The Morgan fingerprint density at radius 1 is 1.22 bits per heavy atom. The van der Waals surface area contributed by atoms with Crippen molar-refractivity contribution in [1.82, 2.24) is 0 Å². The van der Waals surface area contributed by atoms with Gasteiger partial charge < -0.3 is 24.9 Å². The van der Waals surface area contributed by atoms with E-state index in [2.05, 4.69) is 5.73 Å². The Kier molecular flexibility index (Phi) is 16.9. The molecule has 0 unspecified atom stereocenters. The number of carbonyl (C=O) groups is 1. The van der Waals surface area contributed by atoms with Crippen molar-refractivity contribution in [3.8, 4) is 0 Å². The van der Waals surface area contributed by atoms with Crippen molar-refractivity contribution in [2.45, 2.75) is 0 Å². The number of hydrogen-bond acceptors (Lipinski definition) is 5. The molecule has 0 rings (SSSR count). The van der Waals surface area contributed by atoms with Crippen LogP contribution in [0.15, 0.2) is 0 Å². The SMILES string of the molecule is NC=O.O[Si](O)(O)O.[KH]. The van der Waals surface area contributed by atoms with E-state index in [-0.39, 0.29) is 57.8 Å². The second-order valence-electron chi connectivity index (χ2n) is 0.736. The summed E-state index contributed by atoms with van der Waals surface area (Å²) in [5.41, 5.74) is 4.17. The van der Waals surface area contributed by atoms with Crippen molar-refractivity contribution in [1.29, 1.82) is 0 Å². The fourth-order valence-corrected chi connectivity index (χ4v) is 0. The Bertz CT molecular complexity index is 56.5. The Balaban J connectivity index is -0.0000000800. The van der Waals surface area contributed by atoms with Crippen LogP contribution in [0.2, 0.25) is 0 Å². The summed E-state index contributed by atoms with van der Waals surface area (Å²) in [5.74, 6) is 0. The Hall–Kier alpha value is 1.16. The van der Waals surface area contributed by atoms with Crippen molar-refractivity contribution in [2.75, 3.05) is 0 Å². The van der Waals surface area contributed by atoms with E-state index < -0.39 is 9.05 Å². The normalized spacial score (nSPS) is 8.00. The van der Waals surface area contributed by atoms with Crippen LogP contribution >= 0.6 is 0 Å². The average molecular weight is 181 g/mol. The monoisotopic (exact) mass is 181 g/mol. The van der Waals surface area contributed by atoms with Gasteiger partial charge in [-0.05, 0) is 0 Å². The van der Waals surface area contributed by atoms with E-state index in [9.17, 15) is 0 Å². The predicted molar refractivity (Wildman–Crippen MR) is 32.0 cm³/mol. The molecule has 0 saturated heterocycles. The number of rotatable bonds is 0. The molecule has 0 radical (unpaired) electrons. The number of carbonyl (C=O) groups excluding carboxylic acids is 1. The first-order chi connectivity index (χ1) is 3.41. The fraction of sp³-hybridized carbons (Fsp3) is 0. The molecule has 0 heterocycles. The summed E-state index contributed by atoms with van der Waals surface area (Å²) in [4.78, 5) is 37.9. The van der Waals surface area contributed by atoms with Gasteiger partial charge in [0.05, 0.1) is 0 Å². The summed E-state index contributed by atoms with van der Waals surface area (Å²) in [6.45, 7) is 0. The van der Waals surface area contributed by atoms with Gasteiger partial charge in [-0.3, -0.25) is 4.79 Å². The van der Waals surface area contributed by atoms with Gasteiger partial charge in [0.2, 0.25) is 6.41 Å². The van der Waals surface area contributed by atoms with Gasteiger partial charge in [-0.25, -0.2) is 0 Å². The molecule has 8 heteroatoms. The molecule has 0 aromatic carbocycles. The summed E-state index contributed by atoms with van der Waals surface area (Å²) in [7, 11) is -4.61. The summed E-state index contributed by atoms with van der Waals surface area (Å²) < 4.78 is 0. The molecule has 0 aliphatic rings. The van der Waals surface area contributed by atoms with Crippen LogP contribution in [0.3, 0.4) is 0 Å². The fourth-order valence-electron chi connectivity index (χ4n) is 0. The molecule has 0 bridgehead atoms. The predicted octanol–water partition coefficient (Wildman–Crippen LogP) is -4.16. The van der Waals surface area contributed by atoms with Crippen LogP contribution in [-0.4, -0.2) is 86.0 Å². The zero-order chi connectivity index (χ0) is 7.21. The third kappa shape index (κ3) is 347. The number of hydrogen-bond donors (Lipinski definition) is 5. The van der Waals surface area contributed by atoms with Crippen LogP contribution in [0.25, 0.3) is 0 Å². The topological polar surface area (TPSA) is 124 Å². The Labute approximate surface area is 95.2 Å². The van der Waals surface area contributed by atoms with Gasteiger partial charge in [0.15, 0.2) is 0 Å². The maximum atomic E-state index is 8.58. The molecule has 6 N–H and O–H groups in total. The van der Waals surface area contributed by atoms with Gasteiger partial charge in [-0.15, -0.1) is 0 Å². The van der Waals surface area contributed by atoms with E-state index in [4.69, 9.17) is 24.0 Å². The number of nitrogens with two attached hydrogens (primary N) is 1. The van der Waals surface area contributed by atoms with Crippen molar-refractivity contribution < 1.29 is 24.0 Å². The molecule has 1 amide bonds. The van der Waals surface area contributed by atoms with E-state index in [0.717, 1.165) is 0 Å². The van der Waals surface area contributed by atoms with Gasteiger partial charge >= 0.3 is 60.4 Å². The second kappa shape index (κ2) is 9.16. The van der Waals surface area contributed by atoms with E-state index in [1.54, 1.807) is 0 Å². The van der Waals surface area contributed by atoms with Crippen molar-refractivity contribution in [2.24, 2.45) is 5.73 Å². The van der Waals surface area contributed by atoms with Crippen LogP contribution in [0.4, 0.5) is 0 Å². The Morgan fingerprint density at radius 2 is 1.22 bits per heavy atom. The van der Waals surface area contributed by atoms with Crippen molar-refractivity contribution in [3.63, 3.8) is 0 Å². The maximum absolute atomic E-state index is 8.58. The molecule has 0 fully saturated rings. The van der Waals surface area contributed by atoms with Crippen LogP contribution in [0.1, 0.15) is 0 Å². The zero-order valence-corrected chi connectivity index (χ0v) is 4.85. The van der Waals surface area contributed by atoms with Gasteiger partial charge in [0.25, 0.3) is 0 Å². The molecular weight excluding hydrogens is 173 g/mol. The summed E-state index contributed by atoms with van der Waals surface area (Å²) in [6, 6.07) is 0. The molecular formula is CH8KNO5Si. The quantitative estimate of drug-likeness (QED) is 0.192. The van der Waals surface area contributed by atoms with Gasteiger partial charge in [-0.2, -0.15) is 0 Å². The van der Waals surface area contributed by atoms with Crippen molar-refractivity contribution in [3.05, 3.63) is 0 Å². The van der Waals surface area contributed by atoms with Crippen LogP contribution < -0.4 is 5.73 Å². The third-order valence-corrected chi connectivity index (χ3v) is 0. The minimum absolute atomic E-state index is 0. The van der Waals surface area contributed by atoms with Gasteiger partial charge in [0, 0.05) is 0 Å². The first-order valence-corrected chi connectivity index (χ1v) is 3.25. The molecule has 0 atom stereocenters. The van der Waals surface area contributed by atoms with E-state index in [0.29, 0.717) is 0 Å². The Morgan fingerprint density at radius 3 is 1.22 bits per heavy atom. The molecule has 0 aromatic rings. The molecule has 0 spiro atoms. The summed E-state index contributed by atoms with van der Waals surface area (Å²) >= 11 is 0. The van der Waals surface area contributed by atoms with Gasteiger partial charge in [0.1, 0.15) is 0 Å². The molecule has 0 aliphatic heterocycles. The first kappa shape index (κ1) is 16.6. The second-order valence-corrected chi connectivity index (χ2v) is 1.94. The van der Waals surface area contributed by atoms with E-state index in [1.807, 2.05) is 0 Å². The van der Waals surface area contributed by atoms with Crippen LogP contribution in [0.5, 0.6) is 0 Å². The van der Waals surface area contributed by atoms with Crippen LogP contribution in [-0.2, 0) is 4.79 Å². The van der Waals surface area contributed by atoms with Crippen LogP contribution in [0, 0.1) is 0 Å². The zero-order valence-electron chi connectivity index (χ0n) is 3.85. The standard InChI is InChI=1S/CH3NO.K.H4O4Si.H/c2-1-3;;1-5(2,3)4;/h1H,(H2,2,3);;1-4H;. The molecule has 6 nitrogen and oxygen atoms in total. The third-order valence-electron chi connectivity index (χ3n) is 0.